The molecule has 0 radical (unpaired) electrons. The molecule has 5 heteroatoms. The van der Waals surface area contributed by atoms with Crippen LogP contribution < -0.4 is 10.1 Å². The van der Waals surface area contributed by atoms with Crippen LogP contribution in [0.2, 0.25) is 5.02 Å². The summed E-state index contributed by atoms with van der Waals surface area (Å²) >= 11 is 6.26. The van der Waals surface area contributed by atoms with Crippen molar-refractivity contribution in [3.05, 3.63) is 51.9 Å². The molecule has 0 aliphatic heterocycles. The molecule has 1 aliphatic rings. The summed E-state index contributed by atoms with van der Waals surface area (Å²) in [6, 6.07) is 7.71. The third-order valence-corrected chi connectivity index (χ3v) is 5.77. The molecular formula is C23H30ClNO3. The Bertz CT molecular complexity index is 804. The highest BCUT2D eigenvalue weighted by molar-refractivity contribution is 6.31. The number of benzene rings is 1. The van der Waals surface area contributed by atoms with E-state index in [2.05, 4.69) is 19.2 Å². The van der Waals surface area contributed by atoms with Gasteiger partial charge in [0.2, 0.25) is 0 Å². The maximum absolute atomic E-state index is 12.5. The van der Waals surface area contributed by atoms with E-state index in [0.717, 1.165) is 34.7 Å². The van der Waals surface area contributed by atoms with E-state index in [0.29, 0.717) is 17.4 Å². The highest BCUT2D eigenvalue weighted by Crippen LogP contribution is 2.32. The first-order valence-electron chi connectivity index (χ1n) is 10.3. The Balaban J connectivity index is 1.62. The van der Waals surface area contributed by atoms with Crippen LogP contribution in [0.3, 0.4) is 0 Å². The molecule has 1 aliphatic carbocycles. The number of halogens is 1. The van der Waals surface area contributed by atoms with Gasteiger partial charge in [0.1, 0.15) is 18.1 Å². The molecule has 1 aromatic heterocycles. The van der Waals surface area contributed by atoms with Gasteiger partial charge in [-0.15, -0.1) is 0 Å². The van der Waals surface area contributed by atoms with Crippen molar-refractivity contribution in [2.75, 3.05) is 0 Å². The second-order valence-corrected chi connectivity index (χ2v) is 8.42. The minimum absolute atomic E-state index is 0.136. The Hall–Kier alpha value is -1.94. The van der Waals surface area contributed by atoms with Crippen LogP contribution in [-0.2, 0) is 6.61 Å². The number of rotatable bonds is 6. The molecule has 28 heavy (non-hydrogen) atoms. The monoisotopic (exact) mass is 403 g/mol. The number of hydrogen-bond acceptors (Lipinski definition) is 3. The van der Waals surface area contributed by atoms with E-state index in [9.17, 15) is 4.79 Å². The minimum Gasteiger partial charge on any atom is -0.485 e. The number of amides is 1. The molecule has 4 nitrogen and oxygen atoms in total. The van der Waals surface area contributed by atoms with Crippen molar-refractivity contribution in [2.45, 2.75) is 77.9 Å². The summed E-state index contributed by atoms with van der Waals surface area (Å²) in [5.74, 6) is 1.94. The first-order chi connectivity index (χ1) is 13.4. The van der Waals surface area contributed by atoms with Gasteiger partial charge < -0.3 is 14.5 Å². The van der Waals surface area contributed by atoms with Gasteiger partial charge in [-0.25, -0.2) is 0 Å². The molecule has 0 saturated heterocycles. The lowest BCUT2D eigenvalue weighted by atomic mass is 10.0. The molecule has 1 amide bonds. The molecule has 1 saturated carbocycles. The second kappa shape index (κ2) is 9.51. The number of ether oxygens (including phenoxy) is 1. The van der Waals surface area contributed by atoms with E-state index in [4.69, 9.17) is 20.8 Å². The lowest BCUT2D eigenvalue weighted by Crippen LogP contribution is -2.34. The zero-order valence-corrected chi connectivity index (χ0v) is 17.8. The molecule has 3 rings (SSSR count). The summed E-state index contributed by atoms with van der Waals surface area (Å²) in [4.78, 5) is 12.5. The molecular weight excluding hydrogens is 374 g/mol. The van der Waals surface area contributed by atoms with Gasteiger partial charge in [-0.05, 0) is 61.1 Å². The smallest absolute Gasteiger partial charge is 0.287 e. The third-order valence-electron chi connectivity index (χ3n) is 5.36. The van der Waals surface area contributed by atoms with Crippen LogP contribution in [0.5, 0.6) is 5.75 Å². The Labute approximate surface area is 172 Å². The van der Waals surface area contributed by atoms with Crippen LogP contribution in [0.15, 0.2) is 28.7 Å². The molecule has 0 spiro atoms. The van der Waals surface area contributed by atoms with Gasteiger partial charge in [0.15, 0.2) is 5.76 Å². The van der Waals surface area contributed by atoms with Gasteiger partial charge in [-0.1, -0.05) is 51.1 Å². The lowest BCUT2D eigenvalue weighted by Gasteiger charge is -2.15. The summed E-state index contributed by atoms with van der Waals surface area (Å²) in [7, 11) is 0. The van der Waals surface area contributed by atoms with Gasteiger partial charge in [0.25, 0.3) is 5.91 Å². The van der Waals surface area contributed by atoms with Crippen molar-refractivity contribution < 1.29 is 13.9 Å². The van der Waals surface area contributed by atoms with Gasteiger partial charge in [-0.2, -0.15) is 0 Å². The molecule has 1 aromatic carbocycles. The number of aryl methyl sites for hydroxylation is 1. The summed E-state index contributed by atoms with van der Waals surface area (Å²) in [5.41, 5.74) is 2.04. The number of furan rings is 1. The Kier molecular flexibility index (Phi) is 7.06. The Morgan fingerprint density at radius 1 is 1.21 bits per heavy atom. The number of nitrogens with one attached hydrogen (secondary N) is 1. The van der Waals surface area contributed by atoms with Crippen LogP contribution in [0.25, 0.3) is 0 Å². The average molecular weight is 404 g/mol. The molecule has 1 heterocycles. The summed E-state index contributed by atoms with van der Waals surface area (Å²) < 4.78 is 11.7. The molecule has 0 unspecified atom stereocenters. The zero-order chi connectivity index (χ0) is 20.1. The average Bonchev–Trinajstić information content (AvgIpc) is 2.99. The lowest BCUT2D eigenvalue weighted by molar-refractivity contribution is 0.0901. The van der Waals surface area contributed by atoms with E-state index in [1.54, 1.807) is 12.1 Å². The van der Waals surface area contributed by atoms with E-state index in [1.807, 2.05) is 19.1 Å². The largest absolute Gasteiger partial charge is 0.485 e. The summed E-state index contributed by atoms with van der Waals surface area (Å²) in [6.45, 7) is 6.45. The normalized spacial score (nSPS) is 15.5. The maximum atomic E-state index is 12.5. The second-order valence-electron chi connectivity index (χ2n) is 8.01. The van der Waals surface area contributed by atoms with E-state index in [-0.39, 0.29) is 18.6 Å². The fourth-order valence-electron chi connectivity index (χ4n) is 3.65. The molecule has 1 N–H and O–H groups in total. The quantitative estimate of drug-likeness (QED) is 0.568. The van der Waals surface area contributed by atoms with Crippen molar-refractivity contribution in [1.82, 2.24) is 5.32 Å². The predicted octanol–water partition coefficient (Wildman–Crippen LogP) is 6.40. The number of hydrogen-bond donors (Lipinski definition) is 1. The molecule has 1 fully saturated rings. The maximum Gasteiger partial charge on any atom is 0.287 e. The van der Waals surface area contributed by atoms with Gasteiger partial charge >= 0.3 is 0 Å². The molecule has 0 atom stereocenters. The third kappa shape index (κ3) is 5.32. The van der Waals surface area contributed by atoms with Gasteiger partial charge in [0, 0.05) is 11.1 Å². The van der Waals surface area contributed by atoms with Crippen molar-refractivity contribution in [3.8, 4) is 5.75 Å². The molecule has 2 aromatic rings. The van der Waals surface area contributed by atoms with Crippen molar-refractivity contribution in [3.63, 3.8) is 0 Å². The minimum atomic E-state index is -0.136. The fourth-order valence-corrected chi connectivity index (χ4v) is 3.83. The molecule has 0 bridgehead atoms. The standard InChI is InChI=1S/C23H30ClNO3/c1-15(2)19-13-20(24)16(3)12-22(19)27-14-18-10-11-21(28-18)23(26)25-17-8-6-4-5-7-9-17/h10-13,15,17H,4-9,14H2,1-3H3,(H,25,26). The summed E-state index contributed by atoms with van der Waals surface area (Å²) in [5, 5.41) is 3.85. The SMILES string of the molecule is Cc1cc(OCc2ccc(C(=O)NC3CCCCCC3)o2)c(C(C)C)cc1Cl. The van der Waals surface area contributed by atoms with Crippen molar-refractivity contribution in [1.29, 1.82) is 0 Å². The van der Waals surface area contributed by atoms with Crippen LogP contribution in [0, 0.1) is 6.92 Å². The number of carbonyl (C=O) groups excluding carboxylic acids is 1. The van der Waals surface area contributed by atoms with Gasteiger partial charge in [-0.3, -0.25) is 4.79 Å². The topological polar surface area (TPSA) is 51.5 Å². The first kappa shape index (κ1) is 20.8. The highest BCUT2D eigenvalue weighted by atomic mass is 35.5. The fraction of sp³-hybridized carbons (Fsp3) is 0.522. The Morgan fingerprint density at radius 2 is 1.93 bits per heavy atom. The van der Waals surface area contributed by atoms with Crippen LogP contribution >= 0.6 is 11.6 Å². The van der Waals surface area contributed by atoms with Crippen LogP contribution in [0.1, 0.15) is 85.7 Å². The predicted molar refractivity (Wildman–Crippen MR) is 112 cm³/mol. The van der Waals surface area contributed by atoms with E-state index in [1.165, 1.54) is 25.7 Å². The van der Waals surface area contributed by atoms with Crippen LogP contribution in [0.4, 0.5) is 0 Å². The van der Waals surface area contributed by atoms with E-state index >= 15 is 0 Å². The van der Waals surface area contributed by atoms with E-state index < -0.39 is 0 Å². The van der Waals surface area contributed by atoms with Gasteiger partial charge in [0.05, 0.1) is 0 Å². The highest BCUT2D eigenvalue weighted by Gasteiger charge is 2.18. The Morgan fingerprint density at radius 3 is 2.61 bits per heavy atom. The van der Waals surface area contributed by atoms with Crippen LogP contribution in [-0.4, -0.2) is 11.9 Å². The summed E-state index contributed by atoms with van der Waals surface area (Å²) in [6.07, 6.45) is 6.99. The molecule has 152 valence electrons. The van der Waals surface area contributed by atoms with Crippen molar-refractivity contribution in [2.24, 2.45) is 0 Å². The number of carbonyl (C=O) groups is 1. The zero-order valence-electron chi connectivity index (χ0n) is 17.0. The van der Waals surface area contributed by atoms with Crippen molar-refractivity contribution >= 4 is 17.5 Å². The first-order valence-corrected chi connectivity index (χ1v) is 10.6.